The summed E-state index contributed by atoms with van der Waals surface area (Å²) in [7, 11) is 0. The lowest BCUT2D eigenvalue weighted by atomic mass is 10.1. The molecule has 6 nitrogen and oxygen atoms in total. The summed E-state index contributed by atoms with van der Waals surface area (Å²) in [6.45, 7) is 7.62. The zero-order valence-corrected chi connectivity index (χ0v) is 20.1. The summed E-state index contributed by atoms with van der Waals surface area (Å²) < 4.78 is 0. The summed E-state index contributed by atoms with van der Waals surface area (Å²) >= 11 is 1.50. The molecule has 0 spiro atoms. The number of amides is 1. The van der Waals surface area contributed by atoms with Crippen molar-refractivity contribution in [2.75, 3.05) is 31.1 Å². The SMILES string of the molecule is Cc1sc2nc(/C(=C\c3ccc(N4CCCCC4)cc3)C(=O)N3CCCC3)[nH]c(=O)c2c1C. The maximum Gasteiger partial charge on any atom is 0.260 e. The number of nitrogens with zero attached hydrogens (tertiary/aromatic N) is 3. The van der Waals surface area contributed by atoms with Gasteiger partial charge in [-0.25, -0.2) is 4.98 Å². The van der Waals surface area contributed by atoms with Gasteiger partial charge in [0.2, 0.25) is 0 Å². The third kappa shape index (κ3) is 4.34. The molecule has 0 unspecified atom stereocenters. The number of carbonyl (C=O) groups is 1. The van der Waals surface area contributed by atoms with Crippen LogP contribution < -0.4 is 10.5 Å². The smallest absolute Gasteiger partial charge is 0.260 e. The minimum Gasteiger partial charge on any atom is -0.372 e. The molecule has 4 heterocycles. The van der Waals surface area contributed by atoms with E-state index in [1.54, 1.807) is 0 Å². The maximum atomic E-state index is 13.5. The van der Waals surface area contributed by atoms with E-state index in [0.29, 0.717) is 21.6 Å². The van der Waals surface area contributed by atoms with Crippen LogP contribution in [0.25, 0.3) is 21.9 Å². The second kappa shape index (κ2) is 9.14. The number of thiophene rings is 1. The molecule has 0 saturated carbocycles. The van der Waals surface area contributed by atoms with Crippen molar-refractivity contribution in [3.8, 4) is 0 Å². The molecule has 0 radical (unpaired) electrons. The lowest BCUT2D eigenvalue weighted by molar-refractivity contribution is -0.123. The number of aromatic nitrogens is 2. The summed E-state index contributed by atoms with van der Waals surface area (Å²) in [6.07, 6.45) is 7.67. The molecule has 33 heavy (non-hydrogen) atoms. The van der Waals surface area contributed by atoms with Gasteiger partial charge in [0.15, 0.2) is 0 Å². The third-order valence-corrected chi connectivity index (χ3v) is 7.94. The molecule has 2 aliphatic rings. The first-order valence-corrected chi connectivity index (χ1v) is 12.7. The number of aromatic amines is 1. The Bertz CT molecular complexity index is 1260. The number of H-pyrrole nitrogens is 1. The minimum absolute atomic E-state index is 0.0693. The Morgan fingerprint density at radius 2 is 1.67 bits per heavy atom. The van der Waals surface area contributed by atoms with Gasteiger partial charge in [-0.2, -0.15) is 0 Å². The summed E-state index contributed by atoms with van der Waals surface area (Å²) in [5.74, 6) is 0.283. The fraction of sp³-hybridized carbons (Fsp3) is 0.423. The molecule has 0 bridgehead atoms. The van der Waals surface area contributed by atoms with Crippen molar-refractivity contribution in [1.82, 2.24) is 14.9 Å². The highest BCUT2D eigenvalue weighted by Crippen LogP contribution is 2.28. The molecule has 3 aromatic rings. The van der Waals surface area contributed by atoms with Crippen molar-refractivity contribution >= 4 is 44.8 Å². The van der Waals surface area contributed by atoms with Crippen LogP contribution in [0.2, 0.25) is 0 Å². The first-order valence-electron chi connectivity index (χ1n) is 11.9. The average Bonchev–Trinajstić information content (AvgIpc) is 3.47. The Morgan fingerprint density at radius 1 is 1.00 bits per heavy atom. The molecule has 7 heteroatoms. The molecule has 2 fully saturated rings. The van der Waals surface area contributed by atoms with Gasteiger partial charge in [-0.1, -0.05) is 12.1 Å². The summed E-state index contributed by atoms with van der Waals surface area (Å²) in [5.41, 5.74) is 3.37. The van der Waals surface area contributed by atoms with Crippen LogP contribution in [-0.2, 0) is 4.79 Å². The first kappa shape index (κ1) is 21.9. The van der Waals surface area contributed by atoms with Gasteiger partial charge in [0.1, 0.15) is 10.7 Å². The molecule has 1 aromatic carbocycles. The van der Waals surface area contributed by atoms with Gasteiger partial charge in [0.05, 0.1) is 11.0 Å². The van der Waals surface area contributed by atoms with Gasteiger partial charge in [0, 0.05) is 36.7 Å². The van der Waals surface area contributed by atoms with E-state index in [1.165, 1.54) is 36.3 Å². The number of rotatable bonds is 4. The second-order valence-electron chi connectivity index (χ2n) is 9.07. The highest BCUT2D eigenvalue weighted by molar-refractivity contribution is 7.18. The van der Waals surface area contributed by atoms with Crippen LogP contribution in [0, 0.1) is 13.8 Å². The van der Waals surface area contributed by atoms with Crippen LogP contribution in [0.3, 0.4) is 0 Å². The predicted molar refractivity (Wildman–Crippen MR) is 136 cm³/mol. The van der Waals surface area contributed by atoms with Crippen molar-refractivity contribution in [2.24, 2.45) is 0 Å². The zero-order chi connectivity index (χ0) is 22.9. The van der Waals surface area contributed by atoms with E-state index in [9.17, 15) is 9.59 Å². The number of anilines is 1. The molecule has 2 aromatic heterocycles. The maximum absolute atomic E-state index is 13.5. The molecule has 0 aliphatic carbocycles. The van der Waals surface area contributed by atoms with Gasteiger partial charge in [0.25, 0.3) is 11.5 Å². The molecule has 1 N–H and O–H groups in total. The van der Waals surface area contributed by atoms with Gasteiger partial charge in [-0.05, 0) is 75.3 Å². The quantitative estimate of drug-likeness (QED) is 0.568. The fourth-order valence-corrected chi connectivity index (χ4v) is 5.83. The van der Waals surface area contributed by atoms with E-state index >= 15 is 0 Å². The van der Waals surface area contributed by atoms with Gasteiger partial charge >= 0.3 is 0 Å². The van der Waals surface area contributed by atoms with Crippen molar-refractivity contribution in [3.63, 3.8) is 0 Å². The van der Waals surface area contributed by atoms with E-state index in [0.717, 1.165) is 55.0 Å². The van der Waals surface area contributed by atoms with E-state index < -0.39 is 0 Å². The molecule has 1 amide bonds. The molecular weight excluding hydrogens is 432 g/mol. The third-order valence-electron chi connectivity index (χ3n) is 6.84. The lowest BCUT2D eigenvalue weighted by Crippen LogP contribution is -2.29. The minimum atomic E-state index is -0.183. The van der Waals surface area contributed by atoms with Crippen LogP contribution >= 0.6 is 11.3 Å². The Hall–Kier alpha value is -2.93. The van der Waals surface area contributed by atoms with E-state index in [4.69, 9.17) is 4.98 Å². The molecular formula is C26H30N4O2S. The summed E-state index contributed by atoms with van der Waals surface area (Å²) in [6, 6.07) is 8.36. The highest BCUT2D eigenvalue weighted by atomic mass is 32.1. The van der Waals surface area contributed by atoms with Crippen LogP contribution in [-0.4, -0.2) is 47.0 Å². The lowest BCUT2D eigenvalue weighted by Gasteiger charge is -2.28. The van der Waals surface area contributed by atoms with Crippen molar-refractivity contribution in [3.05, 3.63) is 56.4 Å². The van der Waals surface area contributed by atoms with Crippen molar-refractivity contribution in [2.45, 2.75) is 46.0 Å². The molecule has 0 atom stereocenters. The monoisotopic (exact) mass is 462 g/mol. The Labute approximate surface area is 198 Å². The average molecular weight is 463 g/mol. The topological polar surface area (TPSA) is 69.3 Å². The number of benzene rings is 1. The van der Waals surface area contributed by atoms with Crippen LogP contribution in [0.15, 0.2) is 29.1 Å². The van der Waals surface area contributed by atoms with E-state index in [1.807, 2.05) is 24.8 Å². The van der Waals surface area contributed by atoms with Crippen LogP contribution in [0.4, 0.5) is 5.69 Å². The standard InChI is InChI=1S/C26H30N4O2S/c1-17-18(2)33-25-22(17)24(31)27-23(28-25)21(26(32)30-14-6-7-15-30)16-19-8-10-20(11-9-19)29-12-4-3-5-13-29/h8-11,16H,3-7,12-15H2,1-2H3,(H,27,28,31)/b21-16+. The zero-order valence-electron chi connectivity index (χ0n) is 19.3. The molecule has 5 rings (SSSR count). The first-order chi connectivity index (χ1) is 16.0. The number of fused-ring (bicyclic) bond motifs is 1. The van der Waals surface area contributed by atoms with Gasteiger partial charge < -0.3 is 14.8 Å². The number of hydrogen-bond acceptors (Lipinski definition) is 5. The van der Waals surface area contributed by atoms with Crippen molar-refractivity contribution < 1.29 is 4.79 Å². The predicted octanol–water partition coefficient (Wildman–Crippen LogP) is 4.75. The second-order valence-corrected chi connectivity index (χ2v) is 10.3. The number of piperidine rings is 1. The number of aryl methyl sites for hydroxylation is 2. The van der Waals surface area contributed by atoms with Crippen LogP contribution in [0.1, 0.15) is 53.9 Å². The molecule has 172 valence electrons. The van der Waals surface area contributed by atoms with Crippen molar-refractivity contribution in [1.29, 1.82) is 0 Å². The summed E-state index contributed by atoms with van der Waals surface area (Å²) in [5, 5.41) is 0.625. The fourth-order valence-electron chi connectivity index (χ4n) is 4.80. The number of hydrogen-bond donors (Lipinski definition) is 1. The number of likely N-dealkylation sites (tertiary alicyclic amines) is 1. The number of carbonyl (C=O) groups excluding carboxylic acids is 1. The molecule has 2 aliphatic heterocycles. The highest BCUT2D eigenvalue weighted by Gasteiger charge is 2.25. The summed E-state index contributed by atoms with van der Waals surface area (Å²) in [4.78, 5) is 40.1. The van der Waals surface area contributed by atoms with Gasteiger partial charge in [-0.15, -0.1) is 11.3 Å². The normalized spacial score (nSPS) is 17.2. The Kier molecular flexibility index (Phi) is 6.06. The Morgan fingerprint density at radius 3 is 2.36 bits per heavy atom. The van der Waals surface area contributed by atoms with E-state index in [2.05, 4.69) is 34.1 Å². The number of nitrogens with one attached hydrogen (secondary N) is 1. The van der Waals surface area contributed by atoms with Gasteiger partial charge in [-0.3, -0.25) is 9.59 Å². The van der Waals surface area contributed by atoms with E-state index in [-0.39, 0.29) is 11.5 Å². The molecule has 2 saturated heterocycles. The Balaban J connectivity index is 1.55. The largest absolute Gasteiger partial charge is 0.372 e. The van der Waals surface area contributed by atoms with Crippen LogP contribution in [0.5, 0.6) is 0 Å².